The summed E-state index contributed by atoms with van der Waals surface area (Å²) in [7, 11) is 0. The van der Waals surface area contributed by atoms with Crippen LogP contribution >= 0.6 is 39.1 Å². The molecule has 0 atom stereocenters. The van der Waals surface area contributed by atoms with E-state index >= 15 is 0 Å². The van der Waals surface area contributed by atoms with Crippen LogP contribution in [0.15, 0.2) is 22.8 Å². The Labute approximate surface area is 141 Å². The van der Waals surface area contributed by atoms with E-state index in [4.69, 9.17) is 23.2 Å². The Hall–Kier alpha value is -1.25. The van der Waals surface area contributed by atoms with Gasteiger partial charge in [0.1, 0.15) is 16.1 Å². The number of alkyl halides is 3. The van der Waals surface area contributed by atoms with Gasteiger partial charge in [0.05, 0.1) is 15.6 Å². The van der Waals surface area contributed by atoms with Crippen molar-refractivity contribution in [3.63, 3.8) is 0 Å². The molecule has 0 saturated carbocycles. The first-order valence-electron chi connectivity index (χ1n) is 5.69. The zero-order valence-electron chi connectivity index (χ0n) is 10.8. The second-order valence-corrected chi connectivity index (χ2v) is 5.86. The molecule has 0 aliphatic rings. The van der Waals surface area contributed by atoms with Gasteiger partial charge in [0.2, 0.25) is 5.91 Å². The van der Waals surface area contributed by atoms with Crippen molar-refractivity contribution in [3.05, 3.63) is 38.4 Å². The summed E-state index contributed by atoms with van der Waals surface area (Å²) in [6.07, 6.45) is -4.57. The average Bonchev–Trinajstić information content (AvgIpc) is 2.67. The maximum absolute atomic E-state index is 12.7. The number of rotatable bonds is 2. The monoisotopic (exact) mass is 415 g/mol. The first kappa shape index (κ1) is 17.1. The zero-order chi connectivity index (χ0) is 16.7. The number of halogens is 6. The maximum Gasteiger partial charge on any atom is 0.416 e. The van der Waals surface area contributed by atoms with Crippen LogP contribution in [0.5, 0.6) is 0 Å². The highest BCUT2D eigenvalue weighted by atomic mass is 79.9. The second-order valence-electron chi connectivity index (χ2n) is 4.23. The predicted molar refractivity (Wildman–Crippen MR) is 80.6 cm³/mol. The summed E-state index contributed by atoms with van der Waals surface area (Å²) in [5.74, 6) is -0.171. The highest BCUT2D eigenvalue weighted by Crippen LogP contribution is 2.38. The maximum atomic E-state index is 12.7. The summed E-state index contributed by atoms with van der Waals surface area (Å²) in [6, 6.07) is 2.96. The lowest BCUT2D eigenvalue weighted by atomic mass is 10.2. The third-order valence-electron chi connectivity index (χ3n) is 2.54. The molecule has 10 heteroatoms. The molecule has 0 bridgehead atoms. The molecule has 22 heavy (non-hydrogen) atoms. The van der Waals surface area contributed by atoms with Crippen molar-refractivity contribution in [2.45, 2.75) is 13.1 Å². The fourth-order valence-electron chi connectivity index (χ4n) is 1.72. The van der Waals surface area contributed by atoms with Gasteiger partial charge >= 0.3 is 6.18 Å². The quantitative estimate of drug-likeness (QED) is 0.755. The number of aromatic nitrogens is 2. The van der Waals surface area contributed by atoms with Crippen LogP contribution in [0.2, 0.25) is 10.0 Å². The van der Waals surface area contributed by atoms with Crippen LogP contribution in [-0.4, -0.2) is 15.7 Å². The number of hydrogen-bond donors (Lipinski definition) is 1. The van der Waals surface area contributed by atoms with Gasteiger partial charge in [-0.3, -0.25) is 4.79 Å². The van der Waals surface area contributed by atoms with Crippen LogP contribution in [0.25, 0.3) is 5.69 Å². The van der Waals surface area contributed by atoms with Gasteiger partial charge in [0.25, 0.3) is 0 Å². The smallest absolute Gasteiger partial charge is 0.311 e. The molecular weight excluding hydrogens is 410 g/mol. The molecule has 1 aromatic heterocycles. The van der Waals surface area contributed by atoms with Gasteiger partial charge < -0.3 is 5.32 Å². The number of carbonyl (C=O) groups is 1. The summed E-state index contributed by atoms with van der Waals surface area (Å²) >= 11 is 15.0. The van der Waals surface area contributed by atoms with Gasteiger partial charge in [0, 0.05) is 13.0 Å². The van der Waals surface area contributed by atoms with E-state index in [-0.39, 0.29) is 27.5 Å². The normalized spacial score (nSPS) is 11.6. The van der Waals surface area contributed by atoms with Gasteiger partial charge in [-0.25, -0.2) is 4.68 Å². The molecule has 118 valence electrons. The molecule has 1 amide bonds. The van der Waals surface area contributed by atoms with E-state index in [1.165, 1.54) is 13.0 Å². The lowest BCUT2D eigenvalue weighted by molar-refractivity contribution is -0.137. The van der Waals surface area contributed by atoms with E-state index in [9.17, 15) is 18.0 Å². The largest absolute Gasteiger partial charge is 0.416 e. The van der Waals surface area contributed by atoms with E-state index in [0.29, 0.717) is 4.60 Å². The minimum Gasteiger partial charge on any atom is -0.311 e. The Morgan fingerprint density at radius 1 is 1.27 bits per heavy atom. The van der Waals surface area contributed by atoms with Crippen molar-refractivity contribution in [1.29, 1.82) is 0 Å². The molecule has 0 unspecified atom stereocenters. The molecule has 1 N–H and O–H groups in total. The van der Waals surface area contributed by atoms with Crippen molar-refractivity contribution < 1.29 is 18.0 Å². The third-order valence-corrected chi connectivity index (χ3v) is 3.50. The first-order valence-corrected chi connectivity index (χ1v) is 7.24. The number of benzene rings is 1. The Morgan fingerprint density at radius 3 is 2.27 bits per heavy atom. The molecule has 2 rings (SSSR count). The number of nitrogens with one attached hydrogen (secondary N) is 1. The highest BCUT2D eigenvalue weighted by Gasteiger charge is 2.32. The van der Waals surface area contributed by atoms with Gasteiger partial charge in [-0.15, -0.1) is 0 Å². The lowest BCUT2D eigenvalue weighted by Gasteiger charge is -2.14. The highest BCUT2D eigenvalue weighted by molar-refractivity contribution is 9.10. The second kappa shape index (κ2) is 6.10. The molecule has 0 aliphatic heterocycles. The number of carbonyl (C=O) groups excluding carboxylic acids is 1. The zero-order valence-corrected chi connectivity index (χ0v) is 13.9. The van der Waals surface area contributed by atoms with Gasteiger partial charge in [-0.1, -0.05) is 23.2 Å². The number of nitrogens with zero attached hydrogens (tertiary/aromatic N) is 2. The number of hydrogen-bond acceptors (Lipinski definition) is 2. The SMILES string of the molecule is CC(=O)Nc1cc(Br)nn1-c1c(Cl)cc(C(F)(F)F)cc1Cl. The van der Waals surface area contributed by atoms with Crippen LogP contribution in [0.4, 0.5) is 19.0 Å². The Morgan fingerprint density at radius 2 is 1.82 bits per heavy atom. The van der Waals surface area contributed by atoms with Crippen molar-refractivity contribution in [2.75, 3.05) is 5.32 Å². The molecule has 1 aromatic carbocycles. The summed E-state index contributed by atoms with van der Waals surface area (Å²) in [5.41, 5.74) is -0.940. The van der Waals surface area contributed by atoms with Gasteiger partial charge in [-0.05, 0) is 28.1 Å². The molecule has 4 nitrogen and oxygen atoms in total. The van der Waals surface area contributed by atoms with Crippen molar-refractivity contribution in [3.8, 4) is 5.69 Å². The molecule has 0 saturated heterocycles. The summed E-state index contributed by atoms with van der Waals surface area (Å²) < 4.78 is 39.7. The predicted octanol–water partition coefficient (Wildman–Crippen LogP) is 4.92. The van der Waals surface area contributed by atoms with E-state index in [2.05, 4.69) is 26.3 Å². The van der Waals surface area contributed by atoms with E-state index < -0.39 is 11.7 Å². The van der Waals surface area contributed by atoms with E-state index in [0.717, 1.165) is 16.8 Å². The van der Waals surface area contributed by atoms with Gasteiger partial charge in [-0.2, -0.15) is 18.3 Å². The first-order chi connectivity index (χ1) is 10.1. The molecule has 0 aliphatic carbocycles. The Balaban J connectivity index is 2.61. The van der Waals surface area contributed by atoms with Crippen molar-refractivity contribution in [2.24, 2.45) is 0 Å². The minimum absolute atomic E-state index is 0.0331. The molecule has 2 aromatic rings. The van der Waals surface area contributed by atoms with Crippen LogP contribution in [0, 0.1) is 0 Å². The van der Waals surface area contributed by atoms with Crippen molar-refractivity contribution >= 4 is 50.9 Å². The fourth-order valence-corrected chi connectivity index (χ4v) is 2.75. The van der Waals surface area contributed by atoms with Crippen molar-refractivity contribution in [1.82, 2.24) is 9.78 Å². The molecule has 0 fully saturated rings. The summed E-state index contributed by atoms with van der Waals surface area (Å²) in [5, 5.41) is 6.00. The Bertz CT molecular complexity index is 723. The summed E-state index contributed by atoms with van der Waals surface area (Å²) in [4.78, 5) is 11.2. The molecule has 0 radical (unpaired) electrons. The minimum atomic E-state index is -4.57. The fraction of sp³-hybridized carbons (Fsp3) is 0.167. The molecular formula is C12H7BrCl2F3N3O. The number of amides is 1. The van der Waals surface area contributed by atoms with Crippen LogP contribution in [0.3, 0.4) is 0 Å². The van der Waals surface area contributed by atoms with E-state index in [1.807, 2.05) is 0 Å². The number of anilines is 1. The molecule has 0 spiro atoms. The Kier molecular flexibility index (Phi) is 4.74. The summed E-state index contributed by atoms with van der Waals surface area (Å²) in [6.45, 7) is 1.28. The van der Waals surface area contributed by atoms with Crippen LogP contribution < -0.4 is 5.32 Å². The standard InChI is InChI=1S/C12H7BrCl2F3N3O/c1-5(22)19-10-4-9(13)20-21(10)11-7(14)2-6(3-8(11)15)12(16,17)18/h2-4H,1H3,(H,19,22). The van der Waals surface area contributed by atoms with E-state index in [1.54, 1.807) is 0 Å². The van der Waals surface area contributed by atoms with Crippen LogP contribution in [-0.2, 0) is 11.0 Å². The topological polar surface area (TPSA) is 46.9 Å². The third kappa shape index (κ3) is 3.56. The average molecular weight is 417 g/mol. The lowest BCUT2D eigenvalue weighted by Crippen LogP contribution is -2.12. The van der Waals surface area contributed by atoms with Crippen LogP contribution in [0.1, 0.15) is 12.5 Å². The van der Waals surface area contributed by atoms with Gasteiger partial charge in [0.15, 0.2) is 0 Å². The molecule has 1 heterocycles.